The van der Waals surface area contributed by atoms with Gasteiger partial charge in [-0.2, -0.15) is 0 Å². The standard InChI is InChI=1S/C18H12N2O2Se/c21-16-12-14(9-11-22-16)23-18-17(13-6-2-1-3-7-13)19-15-8-4-5-10-20(15)18/h1-12H. The molecule has 4 aromatic rings. The molecule has 4 nitrogen and oxygen atoms in total. The summed E-state index contributed by atoms with van der Waals surface area (Å²) in [4.78, 5) is 16.2. The Balaban J connectivity index is 1.91. The summed E-state index contributed by atoms with van der Waals surface area (Å²) < 4.78 is 9.00. The van der Waals surface area contributed by atoms with Crippen LogP contribution in [0.4, 0.5) is 0 Å². The second-order valence-electron chi connectivity index (χ2n) is 4.95. The summed E-state index contributed by atoms with van der Waals surface area (Å²) in [5.74, 6) is 0. The molecule has 0 N–H and O–H groups in total. The Kier molecular flexibility index (Phi) is 3.58. The first-order chi connectivity index (χ1) is 11.3. The average Bonchev–Trinajstić information content (AvgIpc) is 2.95. The summed E-state index contributed by atoms with van der Waals surface area (Å²) in [6, 6.07) is 19.5. The van der Waals surface area contributed by atoms with Crippen molar-refractivity contribution in [1.82, 2.24) is 9.38 Å². The number of rotatable bonds is 3. The zero-order chi connectivity index (χ0) is 15.6. The molecule has 5 heteroatoms. The van der Waals surface area contributed by atoms with Gasteiger partial charge in [-0.3, -0.25) is 0 Å². The maximum absolute atomic E-state index is 11.5. The molecule has 0 saturated heterocycles. The number of hydrogen-bond acceptors (Lipinski definition) is 3. The van der Waals surface area contributed by atoms with Crippen molar-refractivity contribution < 1.29 is 4.42 Å². The van der Waals surface area contributed by atoms with Gasteiger partial charge in [-0.15, -0.1) is 0 Å². The van der Waals surface area contributed by atoms with Crippen LogP contribution in [0.5, 0.6) is 0 Å². The minimum absolute atomic E-state index is 0.0537. The van der Waals surface area contributed by atoms with E-state index in [0.717, 1.165) is 26.0 Å². The minimum atomic E-state index is -0.320. The van der Waals surface area contributed by atoms with E-state index in [0.29, 0.717) is 0 Å². The van der Waals surface area contributed by atoms with Crippen LogP contribution in [0.3, 0.4) is 0 Å². The second kappa shape index (κ2) is 5.88. The topological polar surface area (TPSA) is 47.5 Å². The number of pyridine rings is 1. The summed E-state index contributed by atoms with van der Waals surface area (Å²) in [5.41, 5.74) is 2.63. The van der Waals surface area contributed by atoms with Crippen molar-refractivity contribution in [2.45, 2.75) is 0 Å². The molecule has 0 radical (unpaired) electrons. The molecule has 0 atom stereocenters. The third-order valence-electron chi connectivity index (χ3n) is 3.42. The van der Waals surface area contributed by atoms with Crippen molar-refractivity contribution in [3.63, 3.8) is 0 Å². The third kappa shape index (κ3) is 2.72. The number of hydrogen-bond donors (Lipinski definition) is 0. The molecule has 0 fully saturated rings. The number of imidazole rings is 1. The van der Waals surface area contributed by atoms with E-state index < -0.39 is 0 Å². The van der Waals surface area contributed by atoms with Gasteiger partial charge in [0.1, 0.15) is 0 Å². The number of benzene rings is 1. The molecule has 112 valence electrons. The van der Waals surface area contributed by atoms with Gasteiger partial charge in [0.15, 0.2) is 0 Å². The molecule has 3 heterocycles. The molecule has 0 spiro atoms. The monoisotopic (exact) mass is 368 g/mol. The molecule has 4 rings (SSSR count). The van der Waals surface area contributed by atoms with Crippen LogP contribution >= 0.6 is 0 Å². The molecular formula is C18H12N2O2Se. The van der Waals surface area contributed by atoms with E-state index >= 15 is 0 Å². The van der Waals surface area contributed by atoms with Crippen molar-refractivity contribution in [3.8, 4) is 11.3 Å². The van der Waals surface area contributed by atoms with Gasteiger partial charge in [-0.1, -0.05) is 0 Å². The molecule has 0 amide bonds. The summed E-state index contributed by atoms with van der Waals surface area (Å²) in [5, 5.41) is 0. The van der Waals surface area contributed by atoms with Crippen molar-refractivity contribution in [2.24, 2.45) is 0 Å². The summed E-state index contributed by atoms with van der Waals surface area (Å²) in [6.45, 7) is 0. The van der Waals surface area contributed by atoms with E-state index in [1.54, 1.807) is 6.07 Å². The van der Waals surface area contributed by atoms with Crippen LogP contribution in [-0.4, -0.2) is 24.3 Å². The first-order valence-corrected chi connectivity index (χ1v) is 8.82. The van der Waals surface area contributed by atoms with Gasteiger partial charge in [-0.05, 0) is 0 Å². The number of nitrogens with zero attached hydrogens (tertiary/aromatic N) is 2. The quantitative estimate of drug-likeness (QED) is 0.517. The van der Waals surface area contributed by atoms with Crippen LogP contribution in [0.2, 0.25) is 0 Å². The summed E-state index contributed by atoms with van der Waals surface area (Å²) in [7, 11) is 0. The van der Waals surface area contributed by atoms with Gasteiger partial charge < -0.3 is 0 Å². The van der Waals surface area contributed by atoms with Gasteiger partial charge in [0.25, 0.3) is 0 Å². The van der Waals surface area contributed by atoms with E-state index in [9.17, 15) is 4.79 Å². The fourth-order valence-corrected chi connectivity index (χ4v) is 4.53. The first-order valence-electron chi connectivity index (χ1n) is 7.10. The fraction of sp³-hybridized carbons (Fsp3) is 0. The third-order valence-corrected chi connectivity index (χ3v) is 5.68. The molecule has 0 unspecified atom stereocenters. The normalized spacial score (nSPS) is 11.0. The Morgan fingerprint density at radius 3 is 2.65 bits per heavy atom. The molecule has 3 aromatic heterocycles. The zero-order valence-corrected chi connectivity index (χ0v) is 13.8. The van der Waals surface area contributed by atoms with Gasteiger partial charge in [-0.25, -0.2) is 0 Å². The van der Waals surface area contributed by atoms with Crippen LogP contribution in [0, 0.1) is 0 Å². The van der Waals surface area contributed by atoms with Crippen molar-refractivity contribution in [1.29, 1.82) is 0 Å². The van der Waals surface area contributed by atoms with Crippen molar-refractivity contribution in [3.05, 3.63) is 83.5 Å². The van der Waals surface area contributed by atoms with E-state index in [2.05, 4.69) is 16.5 Å². The maximum atomic E-state index is 11.5. The van der Waals surface area contributed by atoms with Gasteiger partial charge in [0, 0.05) is 0 Å². The summed E-state index contributed by atoms with van der Waals surface area (Å²) >= 11 is -0.0537. The van der Waals surface area contributed by atoms with Crippen LogP contribution < -0.4 is 14.7 Å². The Bertz CT molecular complexity index is 1020. The first kappa shape index (κ1) is 14.0. The molecule has 0 aliphatic carbocycles. The molecular weight excluding hydrogens is 355 g/mol. The molecule has 1 aromatic carbocycles. The Labute approximate surface area is 138 Å². The van der Waals surface area contributed by atoms with Crippen LogP contribution in [0.25, 0.3) is 16.9 Å². The van der Waals surface area contributed by atoms with Crippen LogP contribution in [0.15, 0.2) is 82.3 Å². The Hall–Kier alpha value is -2.62. The predicted molar refractivity (Wildman–Crippen MR) is 90.6 cm³/mol. The fourth-order valence-electron chi connectivity index (χ4n) is 2.40. The number of fused-ring (bicyclic) bond motifs is 1. The van der Waals surface area contributed by atoms with Crippen molar-refractivity contribution >= 4 is 29.7 Å². The van der Waals surface area contributed by atoms with Gasteiger partial charge in [0.2, 0.25) is 0 Å². The zero-order valence-electron chi connectivity index (χ0n) is 12.0. The SMILES string of the molecule is O=c1cc([Se]c2c(-c3ccccc3)nc3ccccn23)cco1. The molecule has 0 aliphatic rings. The second-order valence-corrected chi connectivity index (χ2v) is 7.18. The van der Waals surface area contributed by atoms with Crippen LogP contribution in [-0.2, 0) is 0 Å². The van der Waals surface area contributed by atoms with Gasteiger partial charge >= 0.3 is 138 Å². The Morgan fingerprint density at radius 1 is 1.00 bits per heavy atom. The Morgan fingerprint density at radius 2 is 1.83 bits per heavy atom. The van der Waals surface area contributed by atoms with E-state index in [-0.39, 0.29) is 20.6 Å². The van der Waals surface area contributed by atoms with E-state index in [1.165, 1.54) is 6.26 Å². The molecule has 23 heavy (non-hydrogen) atoms. The molecule has 0 aliphatic heterocycles. The number of aromatic nitrogens is 2. The molecule has 0 bridgehead atoms. The van der Waals surface area contributed by atoms with Gasteiger partial charge in [0.05, 0.1) is 0 Å². The summed E-state index contributed by atoms with van der Waals surface area (Å²) in [6.07, 6.45) is 3.46. The molecule has 0 saturated carbocycles. The predicted octanol–water partition coefficient (Wildman–Crippen LogP) is 1.61. The van der Waals surface area contributed by atoms with E-state index in [1.807, 2.05) is 48.7 Å². The van der Waals surface area contributed by atoms with Crippen LogP contribution in [0.1, 0.15) is 0 Å². The van der Waals surface area contributed by atoms with E-state index in [4.69, 9.17) is 9.40 Å². The van der Waals surface area contributed by atoms with Crippen molar-refractivity contribution in [2.75, 3.05) is 0 Å². The average molecular weight is 367 g/mol.